The fourth-order valence-electron chi connectivity index (χ4n) is 6.93. The van der Waals surface area contributed by atoms with E-state index in [1.54, 1.807) is 18.4 Å². The summed E-state index contributed by atoms with van der Waals surface area (Å²) < 4.78 is 5.47. The van der Waals surface area contributed by atoms with Crippen LogP contribution in [0.4, 0.5) is 5.69 Å². The molecular formula is C36H44N4O3S. The zero-order chi connectivity index (χ0) is 30.6. The van der Waals surface area contributed by atoms with E-state index in [4.69, 9.17) is 15.5 Å². The van der Waals surface area contributed by atoms with E-state index < -0.39 is 0 Å². The van der Waals surface area contributed by atoms with Gasteiger partial charge < -0.3 is 15.4 Å². The molecule has 0 aliphatic heterocycles. The van der Waals surface area contributed by atoms with E-state index in [0.29, 0.717) is 30.6 Å². The molecule has 44 heavy (non-hydrogen) atoms. The number of amides is 2. The summed E-state index contributed by atoms with van der Waals surface area (Å²) in [6.45, 7) is 2.77. The number of carbonyl (C=O) groups excluding carboxylic acids is 2. The molecule has 1 aromatic heterocycles. The maximum absolute atomic E-state index is 14.3. The van der Waals surface area contributed by atoms with Gasteiger partial charge in [0.25, 0.3) is 5.91 Å². The van der Waals surface area contributed by atoms with Gasteiger partial charge in [-0.25, -0.2) is 9.98 Å². The number of aliphatic imine (C=N–C) groups is 1. The Morgan fingerprint density at radius 3 is 2.43 bits per heavy atom. The summed E-state index contributed by atoms with van der Waals surface area (Å²) in [6, 6.07) is 15.1. The third-order valence-corrected chi connectivity index (χ3v) is 10.9. The van der Waals surface area contributed by atoms with Crippen LogP contribution in [0.1, 0.15) is 92.2 Å². The van der Waals surface area contributed by atoms with Crippen LogP contribution in [-0.4, -0.2) is 42.7 Å². The zero-order valence-corrected chi connectivity index (χ0v) is 26.8. The molecular weight excluding hydrogens is 568 g/mol. The van der Waals surface area contributed by atoms with Gasteiger partial charge in [-0.15, -0.1) is 11.3 Å². The Kier molecular flexibility index (Phi) is 9.57. The molecule has 2 aromatic carbocycles. The number of carbonyl (C=O) groups is 2. The van der Waals surface area contributed by atoms with Crippen LogP contribution >= 0.6 is 11.3 Å². The smallest absolute Gasteiger partial charge is 0.259 e. The van der Waals surface area contributed by atoms with Crippen LogP contribution in [0, 0.1) is 18.8 Å². The standard InChI is InChI=1S/C36H44N4O3S/c1-23-18-28(14-17-32(23)43-2)25-8-6-24(7-9-25)22-40(36(42)27-12-15-30(16-13-27)39-34(41)20-37)31-5-3-4-29(19-31)33-21-38-35(44-33)26-10-11-26/h3-5,14,17-19,21,24-27H,6-13,15-16,20,22,37H2,1-2H3. The van der Waals surface area contributed by atoms with Crippen molar-refractivity contribution < 1.29 is 14.3 Å². The Morgan fingerprint density at radius 1 is 1.00 bits per heavy atom. The van der Waals surface area contributed by atoms with Crippen LogP contribution in [0.2, 0.25) is 0 Å². The largest absolute Gasteiger partial charge is 0.496 e. The molecule has 6 rings (SSSR count). The maximum Gasteiger partial charge on any atom is 0.259 e. The van der Waals surface area contributed by atoms with Gasteiger partial charge in [-0.1, -0.05) is 24.3 Å². The van der Waals surface area contributed by atoms with Crippen molar-refractivity contribution in [2.24, 2.45) is 22.6 Å². The minimum Gasteiger partial charge on any atom is -0.496 e. The van der Waals surface area contributed by atoms with E-state index in [1.807, 2.05) is 6.20 Å². The van der Waals surface area contributed by atoms with Crippen LogP contribution in [-0.2, 0) is 9.59 Å². The van der Waals surface area contributed by atoms with Crippen molar-refractivity contribution >= 4 is 34.6 Å². The minimum atomic E-state index is -0.281. The molecule has 2 N–H and O–H groups in total. The molecule has 3 fully saturated rings. The number of aromatic nitrogens is 1. The van der Waals surface area contributed by atoms with Crippen molar-refractivity contribution in [3.8, 4) is 16.2 Å². The highest BCUT2D eigenvalue weighted by atomic mass is 32.1. The van der Waals surface area contributed by atoms with E-state index in [2.05, 4.69) is 59.3 Å². The molecule has 3 saturated carbocycles. The van der Waals surface area contributed by atoms with Crippen LogP contribution in [0.5, 0.6) is 5.75 Å². The topological polar surface area (TPSA) is 97.9 Å². The predicted octanol–water partition coefficient (Wildman–Crippen LogP) is 7.43. The van der Waals surface area contributed by atoms with Gasteiger partial charge >= 0.3 is 0 Å². The van der Waals surface area contributed by atoms with Gasteiger partial charge in [-0.3, -0.25) is 9.59 Å². The summed E-state index contributed by atoms with van der Waals surface area (Å²) in [5.41, 5.74) is 11.0. The Labute approximate surface area is 264 Å². The fourth-order valence-corrected chi connectivity index (χ4v) is 8.02. The van der Waals surface area contributed by atoms with E-state index in [-0.39, 0.29) is 24.3 Å². The number of ether oxygens (including phenoxy) is 1. The first-order valence-corrected chi connectivity index (χ1v) is 17.0. The van der Waals surface area contributed by atoms with E-state index in [1.165, 1.54) is 33.9 Å². The average molecular weight is 613 g/mol. The van der Waals surface area contributed by atoms with Gasteiger partial charge in [0.05, 0.1) is 23.5 Å². The van der Waals surface area contributed by atoms with Crippen molar-refractivity contribution in [1.29, 1.82) is 0 Å². The lowest BCUT2D eigenvalue weighted by molar-refractivity contribution is -0.123. The number of anilines is 1. The van der Waals surface area contributed by atoms with Gasteiger partial charge in [0.1, 0.15) is 5.75 Å². The highest BCUT2D eigenvalue weighted by Crippen LogP contribution is 2.44. The number of hydrogen-bond donors (Lipinski definition) is 1. The summed E-state index contributed by atoms with van der Waals surface area (Å²) in [5, 5.41) is 1.23. The fraction of sp³-hybridized carbons (Fsp3) is 0.500. The third kappa shape index (κ3) is 7.13. The molecule has 0 radical (unpaired) electrons. The van der Waals surface area contributed by atoms with E-state index in [0.717, 1.165) is 67.8 Å². The normalized spacial score (nSPS) is 22.0. The lowest BCUT2D eigenvalue weighted by Gasteiger charge is -2.35. The van der Waals surface area contributed by atoms with Crippen LogP contribution in [0.3, 0.4) is 0 Å². The molecule has 0 atom stereocenters. The van der Waals surface area contributed by atoms with Gasteiger partial charge in [0.15, 0.2) is 0 Å². The van der Waals surface area contributed by atoms with Gasteiger partial charge in [0.2, 0.25) is 5.91 Å². The second-order valence-corrected chi connectivity index (χ2v) is 13.9. The first-order chi connectivity index (χ1) is 21.4. The highest BCUT2D eigenvalue weighted by Gasteiger charge is 2.32. The van der Waals surface area contributed by atoms with Crippen LogP contribution in [0.25, 0.3) is 10.4 Å². The Bertz CT molecular complexity index is 1510. The quantitative estimate of drug-likeness (QED) is 0.271. The Balaban J connectivity index is 1.19. The van der Waals surface area contributed by atoms with Crippen molar-refractivity contribution in [3.05, 3.63) is 64.8 Å². The second-order valence-electron chi connectivity index (χ2n) is 12.8. The van der Waals surface area contributed by atoms with Crippen LogP contribution in [0.15, 0.2) is 53.7 Å². The van der Waals surface area contributed by atoms with E-state index in [9.17, 15) is 9.59 Å². The SMILES string of the molecule is COc1ccc(C2CCC(CN(C(=O)C3CCC(=NC(=O)CN)CC3)c3cccc(-c4cnc(C5CC5)s4)c3)CC2)cc1C. The molecule has 0 spiro atoms. The molecule has 3 aliphatic carbocycles. The highest BCUT2D eigenvalue weighted by molar-refractivity contribution is 7.15. The predicted molar refractivity (Wildman–Crippen MR) is 178 cm³/mol. The molecule has 1 heterocycles. The Morgan fingerprint density at radius 2 is 1.75 bits per heavy atom. The number of rotatable bonds is 9. The van der Waals surface area contributed by atoms with Gasteiger partial charge in [-0.05, 0) is 118 Å². The van der Waals surface area contributed by atoms with E-state index >= 15 is 0 Å². The minimum absolute atomic E-state index is 0.0712. The van der Waals surface area contributed by atoms with Crippen molar-refractivity contribution in [2.75, 3.05) is 25.1 Å². The zero-order valence-electron chi connectivity index (χ0n) is 26.0. The van der Waals surface area contributed by atoms with Crippen molar-refractivity contribution in [1.82, 2.24) is 4.98 Å². The number of nitrogens with two attached hydrogens (primary N) is 1. The average Bonchev–Trinajstić information content (AvgIpc) is 3.79. The molecule has 232 valence electrons. The molecule has 3 aliphatic rings. The lowest BCUT2D eigenvalue weighted by atomic mass is 9.78. The van der Waals surface area contributed by atoms with Gasteiger partial charge in [0, 0.05) is 36.0 Å². The number of thiazole rings is 1. The number of benzene rings is 2. The lowest BCUT2D eigenvalue weighted by Crippen LogP contribution is -2.41. The number of aryl methyl sites for hydroxylation is 1. The number of nitrogens with zero attached hydrogens (tertiary/aromatic N) is 3. The summed E-state index contributed by atoms with van der Waals surface area (Å²) in [5.74, 6) is 2.40. The first-order valence-electron chi connectivity index (χ1n) is 16.2. The molecule has 3 aromatic rings. The second kappa shape index (κ2) is 13.7. The molecule has 7 nitrogen and oxygen atoms in total. The summed E-state index contributed by atoms with van der Waals surface area (Å²) in [6.07, 6.45) is 11.7. The summed E-state index contributed by atoms with van der Waals surface area (Å²) in [7, 11) is 1.72. The maximum atomic E-state index is 14.3. The summed E-state index contributed by atoms with van der Waals surface area (Å²) in [4.78, 5) is 38.1. The van der Waals surface area contributed by atoms with Crippen LogP contribution < -0.4 is 15.4 Å². The third-order valence-electron chi connectivity index (χ3n) is 9.71. The number of hydrogen-bond acceptors (Lipinski definition) is 6. The molecule has 0 bridgehead atoms. The van der Waals surface area contributed by atoms with Crippen molar-refractivity contribution in [3.63, 3.8) is 0 Å². The first kappa shape index (κ1) is 30.7. The number of methoxy groups -OCH3 is 1. The molecule has 0 unspecified atom stereocenters. The molecule has 8 heteroatoms. The molecule has 0 saturated heterocycles. The van der Waals surface area contributed by atoms with Crippen molar-refractivity contribution in [2.45, 2.75) is 83.0 Å². The van der Waals surface area contributed by atoms with Gasteiger partial charge in [-0.2, -0.15) is 0 Å². The Hall–Kier alpha value is -3.36. The monoisotopic (exact) mass is 612 g/mol. The molecule has 2 amide bonds. The summed E-state index contributed by atoms with van der Waals surface area (Å²) >= 11 is 1.79.